The summed E-state index contributed by atoms with van der Waals surface area (Å²) in [6.45, 7) is 19.7. The second-order valence-corrected chi connectivity index (χ2v) is 20.3. The average Bonchev–Trinajstić information content (AvgIpc) is 4.02. The normalized spacial score (nSPS) is 12.5. The number of halogens is 3. The number of aromatic amines is 2. The predicted octanol–water partition coefficient (Wildman–Crippen LogP) is 14.8. The summed E-state index contributed by atoms with van der Waals surface area (Å²) >= 11 is 14.4. The Kier molecular flexibility index (Phi) is 11.9. The molecule has 0 unspecified atom stereocenters. The molecule has 61 heavy (non-hydrogen) atoms. The van der Waals surface area contributed by atoms with E-state index in [9.17, 15) is 10.1 Å². The van der Waals surface area contributed by atoms with Crippen LogP contribution in [0.3, 0.4) is 0 Å². The average molecular weight is 872 g/mol. The lowest BCUT2D eigenvalue weighted by atomic mass is 9.86. The number of nitrogens with zero attached hydrogens (tertiary/aromatic N) is 4. The largest absolute Gasteiger partial charge is 0.433 e. The smallest absolute Gasteiger partial charge is 0.295 e. The number of rotatable bonds is 4. The van der Waals surface area contributed by atoms with Crippen molar-refractivity contribution >= 4 is 85.9 Å². The Balaban J connectivity index is 0.00000134. The maximum atomic E-state index is 12.8. The molecule has 8 rings (SSSR count). The monoisotopic (exact) mass is 870 g/mol. The van der Waals surface area contributed by atoms with Crippen molar-refractivity contribution in [2.75, 3.05) is 0 Å². The van der Waals surface area contributed by atoms with Crippen molar-refractivity contribution < 1.29 is 4.92 Å². The number of nitro groups is 1. The van der Waals surface area contributed by atoms with Crippen molar-refractivity contribution in [2.24, 2.45) is 0 Å². The Bertz CT molecular complexity index is 2910. The zero-order valence-corrected chi connectivity index (χ0v) is 38.1. The molecule has 5 heterocycles. The summed E-state index contributed by atoms with van der Waals surface area (Å²) in [6, 6.07) is 35.0. The number of aromatic nitrogens is 5. The number of alkyl halides is 3. The SMILES string of the molecule is CC(C)(C)c1ccc(-c2c3nc(c4cc([N+](=O)[O-])c([nH]4)c(-c4ccc(C(C)(C)C)cc4)nc4ccc([n-]4)[c+](-c4ccc(C(C)(C)C)cc4)c4ccc2[nH]4)C=C3)cc1.ClC(Cl)Cl. The molecule has 0 saturated carbocycles. The minimum Gasteiger partial charge on any atom is -0.433 e. The van der Waals surface area contributed by atoms with Gasteiger partial charge in [-0.05, 0) is 97.9 Å². The van der Waals surface area contributed by atoms with Crippen LogP contribution in [0.15, 0.2) is 103 Å². The van der Waals surface area contributed by atoms with Crippen molar-refractivity contribution in [2.45, 2.75) is 82.9 Å². The van der Waals surface area contributed by atoms with E-state index in [1.165, 1.54) is 11.1 Å². The van der Waals surface area contributed by atoms with Crippen molar-refractivity contribution in [3.8, 4) is 33.5 Å². The molecule has 0 spiro atoms. The fourth-order valence-electron chi connectivity index (χ4n) is 7.46. The van der Waals surface area contributed by atoms with Crippen molar-refractivity contribution in [3.05, 3.63) is 141 Å². The lowest BCUT2D eigenvalue weighted by molar-refractivity contribution is -0.382. The molecule has 7 aromatic rings. The minimum atomic E-state index is -0.750. The third-order valence-electron chi connectivity index (χ3n) is 10.8. The van der Waals surface area contributed by atoms with Crippen LogP contribution in [0.5, 0.6) is 0 Å². The molecule has 1 aliphatic rings. The van der Waals surface area contributed by atoms with Crippen LogP contribution in [0.4, 0.5) is 5.69 Å². The van der Waals surface area contributed by atoms with Gasteiger partial charge in [0.25, 0.3) is 5.69 Å². The Morgan fingerprint density at radius 2 is 1.16 bits per heavy atom. The number of H-pyrrole nitrogens is 2. The first-order valence-corrected chi connectivity index (χ1v) is 21.4. The van der Waals surface area contributed by atoms with Gasteiger partial charge >= 0.3 is 0 Å². The third kappa shape index (κ3) is 9.52. The van der Waals surface area contributed by atoms with E-state index in [1.54, 1.807) is 6.07 Å². The van der Waals surface area contributed by atoms with Gasteiger partial charge in [-0.15, -0.1) is 0 Å². The summed E-state index contributed by atoms with van der Waals surface area (Å²) in [7, 11) is 0. The lowest BCUT2D eigenvalue weighted by Gasteiger charge is -2.19. The summed E-state index contributed by atoms with van der Waals surface area (Å²) in [5, 5.41) is 12.8. The fraction of sp³-hybridized carbons (Fsp3) is 0.260. The van der Waals surface area contributed by atoms with Crippen molar-refractivity contribution in [1.82, 2.24) is 24.9 Å². The molecule has 3 aromatic carbocycles. The van der Waals surface area contributed by atoms with Crippen LogP contribution in [0.2, 0.25) is 0 Å². The van der Waals surface area contributed by atoms with Gasteiger partial charge in [0.1, 0.15) is 11.0 Å². The molecule has 0 fully saturated rings. The first-order chi connectivity index (χ1) is 28.7. The Morgan fingerprint density at radius 3 is 1.70 bits per heavy atom. The number of hydrogen-bond donors (Lipinski definition) is 2. The predicted molar refractivity (Wildman–Crippen MR) is 257 cm³/mol. The van der Waals surface area contributed by atoms with Crippen LogP contribution >= 0.6 is 34.8 Å². The van der Waals surface area contributed by atoms with Crippen LogP contribution in [-0.4, -0.2) is 29.2 Å². The molecule has 0 aliphatic carbocycles. The zero-order valence-electron chi connectivity index (χ0n) is 35.8. The van der Waals surface area contributed by atoms with Gasteiger partial charge < -0.3 is 19.9 Å². The van der Waals surface area contributed by atoms with Gasteiger partial charge in [0.05, 0.1) is 38.5 Å². The first-order valence-electron chi connectivity index (χ1n) is 20.1. The molecular weight excluding hydrogens is 823 g/mol. The summed E-state index contributed by atoms with van der Waals surface area (Å²) in [5.41, 5.74) is 13.5. The third-order valence-corrected chi connectivity index (χ3v) is 10.8. The van der Waals surface area contributed by atoms with Gasteiger partial charge in [-0.25, -0.2) is 4.98 Å². The summed E-state index contributed by atoms with van der Waals surface area (Å²) in [5.74, 6) is 0. The Labute approximate surface area is 371 Å². The van der Waals surface area contributed by atoms with Crippen molar-refractivity contribution in [3.63, 3.8) is 0 Å². The second kappa shape index (κ2) is 16.7. The molecule has 11 heteroatoms. The number of nitrogens with one attached hydrogen (secondary N) is 2. The van der Waals surface area contributed by atoms with Crippen LogP contribution in [0.1, 0.15) is 90.4 Å². The molecule has 4 aromatic heterocycles. The van der Waals surface area contributed by atoms with E-state index >= 15 is 0 Å². The van der Waals surface area contributed by atoms with Crippen LogP contribution in [0.25, 0.3) is 78.9 Å². The molecular formula is C50H49Cl3N6O2. The highest BCUT2D eigenvalue weighted by molar-refractivity contribution is 6.63. The molecule has 0 saturated heterocycles. The van der Waals surface area contributed by atoms with Gasteiger partial charge in [-0.2, -0.15) is 0 Å². The second-order valence-electron chi connectivity index (χ2n) is 18.3. The first kappa shape index (κ1) is 43.5. The highest BCUT2D eigenvalue weighted by Gasteiger charge is 2.22. The Hall–Kier alpha value is -5.54. The molecule has 312 valence electrons. The van der Waals surface area contributed by atoms with E-state index in [1.807, 2.05) is 36.4 Å². The fourth-order valence-corrected chi connectivity index (χ4v) is 7.46. The molecule has 2 N–H and O–H groups in total. The zero-order chi connectivity index (χ0) is 44.0. The van der Waals surface area contributed by atoms with Gasteiger partial charge in [0, 0.05) is 35.3 Å². The maximum absolute atomic E-state index is 12.8. The summed E-state index contributed by atoms with van der Waals surface area (Å²) in [6.07, 6.45) is 3.89. The van der Waals surface area contributed by atoms with E-state index < -0.39 is 4.30 Å². The number of hydrogen-bond acceptors (Lipinski definition) is 4. The minimum absolute atomic E-state index is 0.0103. The quantitative estimate of drug-likeness (QED) is 0.0791. The highest BCUT2D eigenvalue weighted by atomic mass is 35.6. The van der Waals surface area contributed by atoms with Gasteiger partial charge in [0.15, 0.2) is 4.30 Å². The molecule has 0 radical (unpaired) electrons. The molecule has 1 aliphatic heterocycles. The van der Waals surface area contributed by atoms with Gasteiger partial charge in [-0.1, -0.05) is 146 Å². The topological polar surface area (TPSA) is 115 Å². The van der Waals surface area contributed by atoms with Crippen LogP contribution < -0.4 is 4.98 Å². The molecule has 8 nitrogen and oxygen atoms in total. The molecule has 0 atom stereocenters. The van der Waals surface area contributed by atoms with E-state index in [2.05, 4.69) is 145 Å². The highest BCUT2D eigenvalue weighted by Crippen LogP contribution is 2.37. The summed E-state index contributed by atoms with van der Waals surface area (Å²) < 4.78 is -0.750. The number of fused-ring (bicyclic) bond motifs is 9. The van der Waals surface area contributed by atoms with Crippen molar-refractivity contribution in [1.29, 1.82) is 0 Å². The lowest BCUT2D eigenvalue weighted by Crippen LogP contribution is -2.10. The van der Waals surface area contributed by atoms with Gasteiger partial charge in [-0.3, -0.25) is 10.1 Å². The van der Waals surface area contributed by atoms with E-state index in [-0.39, 0.29) is 32.4 Å². The van der Waals surface area contributed by atoms with E-state index in [0.717, 1.165) is 55.6 Å². The van der Waals surface area contributed by atoms with Crippen LogP contribution in [-0.2, 0) is 16.2 Å². The van der Waals surface area contributed by atoms with E-state index in [0.29, 0.717) is 22.6 Å². The van der Waals surface area contributed by atoms with E-state index in [4.69, 9.17) is 49.8 Å². The molecule has 0 amide bonds. The maximum Gasteiger partial charge on any atom is 0.295 e. The number of benzene rings is 3. The Morgan fingerprint density at radius 1 is 0.639 bits per heavy atom. The van der Waals surface area contributed by atoms with Crippen LogP contribution in [0, 0.1) is 10.1 Å². The summed E-state index contributed by atoms with van der Waals surface area (Å²) in [4.78, 5) is 34.9. The van der Waals surface area contributed by atoms with Gasteiger partial charge in [0.2, 0.25) is 0 Å². The molecule has 8 bridgehead atoms. The standard InChI is InChI=1S/C49H48N6O2.CHCl3/c1-47(2,3)32-16-10-29(11-17-32)43-36-23-22-35(50-36)40-28-41(55(56)57)46(53-40)45(31-14-20-34(21-15-31)49(7,8)9)54-42-27-26-39(52-42)44(38-25-24-37(43)51-38)30-12-18-33(19-13-30)48(4,5)6;2-1(3)4/h10-28,51,53H,1-9H3;1H.